The number of nitrogens with one attached hydrogen (secondary N) is 1. The van der Waals surface area contributed by atoms with Crippen LogP contribution in [0.4, 0.5) is 11.4 Å². The molecule has 0 unspecified atom stereocenters. The summed E-state index contributed by atoms with van der Waals surface area (Å²) in [6.45, 7) is 0. The van der Waals surface area contributed by atoms with Crippen molar-refractivity contribution in [2.45, 2.75) is 0 Å². The third-order valence-corrected chi connectivity index (χ3v) is 6.42. The van der Waals surface area contributed by atoms with Crippen LogP contribution in [0.3, 0.4) is 0 Å². The molecule has 0 amide bonds. The number of benzene rings is 6. The summed E-state index contributed by atoms with van der Waals surface area (Å²) in [7, 11) is 0. The molecule has 1 nitrogen and oxygen atoms in total. The van der Waals surface area contributed by atoms with Gasteiger partial charge in [0, 0.05) is 11.4 Å². The molecule has 0 spiro atoms. The Hall–Kier alpha value is -4.62. The van der Waals surface area contributed by atoms with Gasteiger partial charge in [0.05, 0.1) is 0 Å². The first-order valence-electron chi connectivity index (χ1n) is 11.9. The number of hydrogen-bond acceptors (Lipinski definition) is 1. The molecule has 0 fully saturated rings. The summed E-state index contributed by atoms with van der Waals surface area (Å²) in [5.74, 6) is 0. The molecule has 35 heavy (non-hydrogen) atoms. The Kier molecular flexibility index (Phi) is 5.58. The molecule has 0 bridgehead atoms. The van der Waals surface area contributed by atoms with Crippen LogP contribution >= 0.6 is 0 Å². The topological polar surface area (TPSA) is 12.0 Å². The average Bonchev–Trinajstić information content (AvgIpc) is 2.94. The first-order chi connectivity index (χ1) is 17.3. The summed E-state index contributed by atoms with van der Waals surface area (Å²) >= 11 is 0. The van der Waals surface area contributed by atoms with E-state index in [2.05, 4.69) is 145 Å². The van der Waals surface area contributed by atoms with Crippen molar-refractivity contribution in [1.29, 1.82) is 0 Å². The van der Waals surface area contributed by atoms with Crippen LogP contribution in [0.15, 0.2) is 146 Å². The first kappa shape index (κ1) is 20.9. The lowest BCUT2D eigenvalue weighted by Crippen LogP contribution is -1.91. The highest BCUT2D eigenvalue weighted by Gasteiger charge is 2.05. The highest BCUT2D eigenvalue weighted by Crippen LogP contribution is 2.30. The Morgan fingerprint density at radius 2 is 0.829 bits per heavy atom. The van der Waals surface area contributed by atoms with Crippen molar-refractivity contribution in [2.24, 2.45) is 0 Å². The molecule has 0 aromatic heterocycles. The number of anilines is 2. The van der Waals surface area contributed by atoms with Crippen molar-refractivity contribution in [3.63, 3.8) is 0 Å². The molecule has 1 N–H and O–H groups in total. The molecule has 0 heterocycles. The maximum Gasteiger partial charge on any atom is 0.0390 e. The Bertz CT molecular complexity index is 1600. The fourth-order valence-electron chi connectivity index (χ4n) is 4.57. The van der Waals surface area contributed by atoms with Crippen LogP contribution < -0.4 is 5.32 Å². The number of rotatable bonds is 5. The minimum absolute atomic E-state index is 1.07. The van der Waals surface area contributed by atoms with Crippen LogP contribution in [0.5, 0.6) is 0 Å². The van der Waals surface area contributed by atoms with Gasteiger partial charge >= 0.3 is 0 Å². The van der Waals surface area contributed by atoms with Gasteiger partial charge in [-0.1, -0.05) is 109 Å². The summed E-state index contributed by atoms with van der Waals surface area (Å²) in [6, 6.07) is 51.6. The molecule has 0 aliphatic heterocycles. The predicted octanol–water partition coefficient (Wildman–Crippen LogP) is 9.58. The van der Waals surface area contributed by atoms with E-state index in [1.807, 2.05) is 6.07 Å². The zero-order chi connectivity index (χ0) is 23.5. The van der Waals surface area contributed by atoms with Gasteiger partial charge in [-0.3, -0.25) is 0 Å². The second-order valence-corrected chi connectivity index (χ2v) is 8.79. The van der Waals surface area contributed by atoms with Crippen LogP contribution in [-0.4, -0.2) is 0 Å². The third-order valence-electron chi connectivity index (χ3n) is 6.42. The maximum atomic E-state index is 3.55. The van der Waals surface area contributed by atoms with Gasteiger partial charge in [-0.25, -0.2) is 0 Å². The SMILES string of the molecule is c1ccc(-c2cccc(Nc3ccc(-c4cccc(-c5ccc6ccccc6c5)c4)cc3)c2)cc1. The molecule has 0 aliphatic carbocycles. The summed E-state index contributed by atoms with van der Waals surface area (Å²) in [5, 5.41) is 6.08. The van der Waals surface area contributed by atoms with E-state index in [0.717, 1.165) is 11.4 Å². The molecule has 6 aromatic carbocycles. The lowest BCUT2D eigenvalue weighted by Gasteiger charge is -2.11. The van der Waals surface area contributed by atoms with Gasteiger partial charge in [-0.15, -0.1) is 0 Å². The van der Waals surface area contributed by atoms with Crippen molar-refractivity contribution in [3.05, 3.63) is 146 Å². The molecule has 6 rings (SSSR count). The number of fused-ring (bicyclic) bond motifs is 1. The minimum Gasteiger partial charge on any atom is -0.356 e. The molecule has 6 aromatic rings. The molecule has 1 heteroatoms. The van der Waals surface area contributed by atoms with E-state index in [1.165, 1.54) is 44.2 Å². The van der Waals surface area contributed by atoms with Gasteiger partial charge in [0.15, 0.2) is 0 Å². The molecule has 0 radical (unpaired) electrons. The summed E-state index contributed by atoms with van der Waals surface area (Å²) in [6.07, 6.45) is 0. The van der Waals surface area contributed by atoms with E-state index < -0.39 is 0 Å². The lowest BCUT2D eigenvalue weighted by molar-refractivity contribution is 1.53. The summed E-state index contributed by atoms with van der Waals surface area (Å²) in [5.41, 5.74) is 9.47. The van der Waals surface area contributed by atoms with Crippen molar-refractivity contribution in [1.82, 2.24) is 0 Å². The maximum absolute atomic E-state index is 3.55. The van der Waals surface area contributed by atoms with Crippen LogP contribution in [0.25, 0.3) is 44.2 Å². The van der Waals surface area contributed by atoms with E-state index in [0.29, 0.717) is 0 Å². The van der Waals surface area contributed by atoms with Crippen molar-refractivity contribution < 1.29 is 0 Å². The van der Waals surface area contributed by atoms with Crippen LogP contribution in [0.1, 0.15) is 0 Å². The third kappa shape index (κ3) is 4.58. The Morgan fingerprint density at radius 1 is 0.286 bits per heavy atom. The zero-order valence-corrected chi connectivity index (χ0v) is 19.4. The molecule has 0 aliphatic rings. The molecular formula is C34H25N. The largest absolute Gasteiger partial charge is 0.356 e. The monoisotopic (exact) mass is 447 g/mol. The van der Waals surface area contributed by atoms with E-state index in [1.54, 1.807) is 0 Å². The smallest absolute Gasteiger partial charge is 0.0390 e. The van der Waals surface area contributed by atoms with Crippen LogP contribution in [0, 0.1) is 0 Å². The van der Waals surface area contributed by atoms with Gasteiger partial charge < -0.3 is 5.32 Å². The average molecular weight is 448 g/mol. The quantitative estimate of drug-likeness (QED) is 0.277. The normalized spacial score (nSPS) is 10.9. The Balaban J connectivity index is 1.23. The number of hydrogen-bond donors (Lipinski definition) is 1. The fraction of sp³-hybridized carbons (Fsp3) is 0. The van der Waals surface area contributed by atoms with Crippen LogP contribution in [0.2, 0.25) is 0 Å². The van der Waals surface area contributed by atoms with Crippen LogP contribution in [-0.2, 0) is 0 Å². The molecule has 0 atom stereocenters. The van der Waals surface area contributed by atoms with Crippen molar-refractivity contribution in [3.8, 4) is 33.4 Å². The zero-order valence-electron chi connectivity index (χ0n) is 19.4. The highest BCUT2D eigenvalue weighted by molar-refractivity contribution is 5.88. The van der Waals surface area contributed by atoms with Gasteiger partial charge in [0.1, 0.15) is 0 Å². The lowest BCUT2D eigenvalue weighted by atomic mass is 9.97. The molecule has 0 saturated heterocycles. The van der Waals surface area contributed by atoms with Gasteiger partial charge in [-0.05, 0) is 80.6 Å². The predicted molar refractivity (Wildman–Crippen MR) is 150 cm³/mol. The fourth-order valence-corrected chi connectivity index (χ4v) is 4.57. The van der Waals surface area contributed by atoms with Crippen molar-refractivity contribution in [2.75, 3.05) is 5.32 Å². The molecule has 0 saturated carbocycles. The molecule has 166 valence electrons. The van der Waals surface area contributed by atoms with Gasteiger partial charge in [0.2, 0.25) is 0 Å². The first-order valence-corrected chi connectivity index (χ1v) is 11.9. The second kappa shape index (κ2) is 9.32. The summed E-state index contributed by atoms with van der Waals surface area (Å²) < 4.78 is 0. The van der Waals surface area contributed by atoms with E-state index in [4.69, 9.17) is 0 Å². The molecular weight excluding hydrogens is 422 g/mol. The highest BCUT2D eigenvalue weighted by atomic mass is 14.9. The van der Waals surface area contributed by atoms with Crippen molar-refractivity contribution >= 4 is 22.1 Å². The van der Waals surface area contributed by atoms with E-state index in [9.17, 15) is 0 Å². The standard InChI is InChI=1S/C34H25N/c1-2-8-25(9-3-1)31-14-7-15-34(24-31)35-33-20-18-27(19-21-33)29-12-6-13-30(22-29)32-17-16-26-10-4-5-11-28(26)23-32/h1-24,35H. The minimum atomic E-state index is 1.07. The Morgan fingerprint density at radius 3 is 1.63 bits per heavy atom. The Labute approximate surface area is 206 Å². The van der Waals surface area contributed by atoms with Gasteiger partial charge in [0.25, 0.3) is 0 Å². The van der Waals surface area contributed by atoms with E-state index >= 15 is 0 Å². The second-order valence-electron chi connectivity index (χ2n) is 8.79. The summed E-state index contributed by atoms with van der Waals surface area (Å²) in [4.78, 5) is 0. The van der Waals surface area contributed by atoms with Gasteiger partial charge in [-0.2, -0.15) is 0 Å². The van der Waals surface area contributed by atoms with E-state index in [-0.39, 0.29) is 0 Å².